The molecule has 3 heterocycles. The highest BCUT2D eigenvalue weighted by atomic mass is 31.2. The minimum atomic E-state index is -4.33. The predicted octanol–water partition coefficient (Wildman–Crippen LogP) is 2.26. The number of benzene rings is 1. The molecule has 1 aliphatic rings. The lowest BCUT2D eigenvalue weighted by atomic mass is 9.86. The largest absolute Gasteiger partial charge is 0.461 e. The third kappa shape index (κ3) is 5.86. The maximum atomic E-state index is 14.6. The molecule has 0 amide bonds. The maximum Gasteiger partial charge on any atom is 0.421 e. The van der Waals surface area contributed by atoms with Crippen LogP contribution >= 0.6 is 7.60 Å². The highest BCUT2D eigenvalue weighted by Crippen LogP contribution is 2.49. The van der Waals surface area contributed by atoms with Crippen molar-refractivity contribution in [3.63, 3.8) is 0 Å². The highest BCUT2D eigenvalue weighted by molar-refractivity contribution is 7.70. The van der Waals surface area contributed by atoms with Gasteiger partial charge in [0.15, 0.2) is 11.4 Å². The standard InChI is InChI=1S/C25H31FN5O8P/c1-16(2)38-22(32)17(3)29-15-40(35,39-18-7-5-4-6-8-18)37-12-24(11-26)23(33)25(34,13-36-24)20-10-9-19-21(27)28-14-30-31(19)20/h4-10,14-17,23,33-34H,11-13H2,1-3H3,(H2,27,28,30)/t17-,23+,24+,25+,40-/m0/s1. The number of halogens is 1. The molecular formula is C25H31FN5O8P. The zero-order valence-corrected chi connectivity index (χ0v) is 23.0. The van der Waals surface area contributed by atoms with E-state index in [0.717, 1.165) is 12.3 Å². The molecule has 1 aliphatic heterocycles. The fraction of sp³-hybridized carbons (Fsp3) is 0.440. The van der Waals surface area contributed by atoms with Crippen LogP contribution in [0.3, 0.4) is 0 Å². The van der Waals surface area contributed by atoms with Gasteiger partial charge in [-0.15, -0.1) is 0 Å². The number of aliphatic imine (C=N–C) groups is 1. The molecule has 0 aliphatic carbocycles. The second-order valence-corrected chi connectivity index (χ2v) is 11.4. The van der Waals surface area contributed by atoms with Crippen LogP contribution in [0.4, 0.5) is 10.2 Å². The van der Waals surface area contributed by atoms with Crippen LogP contribution in [0.5, 0.6) is 5.75 Å². The summed E-state index contributed by atoms with van der Waals surface area (Å²) in [4.78, 5) is 20.0. The summed E-state index contributed by atoms with van der Waals surface area (Å²) in [6.07, 6.45) is -1.13. The monoisotopic (exact) mass is 579 g/mol. The average molecular weight is 580 g/mol. The molecule has 40 heavy (non-hydrogen) atoms. The van der Waals surface area contributed by atoms with Crippen LogP contribution in [0.1, 0.15) is 26.5 Å². The molecule has 1 saturated heterocycles. The summed E-state index contributed by atoms with van der Waals surface area (Å²) < 4.78 is 51.4. The molecular weight excluding hydrogens is 548 g/mol. The Balaban J connectivity index is 1.60. The van der Waals surface area contributed by atoms with E-state index in [0.29, 0.717) is 5.52 Å². The minimum absolute atomic E-state index is 0.0715. The molecule has 0 radical (unpaired) electrons. The van der Waals surface area contributed by atoms with Gasteiger partial charge in [0.1, 0.15) is 48.0 Å². The SMILES string of the molecule is CC(C)OC(=O)[C@H](C)N=C[P@](=O)(OC[C@@]1(CF)OC[C@@](O)(c2ccc3c(N)ncnn23)[C@@H]1O)Oc1ccccc1. The molecule has 4 N–H and O–H groups in total. The lowest BCUT2D eigenvalue weighted by molar-refractivity contribution is -0.148. The fourth-order valence-electron chi connectivity index (χ4n) is 4.10. The molecule has 0 bridgehead atoms. The number of nitrogens with zero attached hydrogens (tertiary/aromatic N) is 4. The molecule has 4 rings (SSSR count). The van der Waals surface area contributed by atoms with Crippen LogP contribution in [0.2, 0.25) is 0 Å². The van der Waals surface area contributed by atoms with Gasteiger partial charge in [0.2, 0.25) is 0 Å². The Hall–Kier alpha value is -3.42. The van der Waals surface area contributed by atoms with Crippen molar-refractivity contribution in [3.05, 3.63) is 54.5 Å². The van der Waals surface area contributed by atoms with E-state index in [2.05, 4.69) is 15.1 Å². The van der Waals surface area contributed by atoms with Gasteiger partial charge < -0.3 is 29.9 Å². The number of nitrogens with two attached hydrogens (primary N) is 1. The first-order chi connectivity index (χ1) is 18.9. The Morgan fingerprint density at radius 1 is 1.32 bits per heavy atom. The van der Waals surface area contributed by atoms with Crippen molar-refractivity contribution in [2.45, 2.75) is 50.2 Å². The molecule has 1 aromatic carbocycles. The molecule has 5 atom stereocenters. The van der Waals surface area contributed by atoms with E-state index in [4.69, 9.17) is 24.3 Å². The first kappa shape index (κ1) is 29.6. The zero-order valence-electron chi connectivity index (χ0n) is 22.1. The Kier molecular flexibility index (Phi) is 8.57. The number of nitrogen functional groups attached to an aromatic ring is 1. The summed E-state index contributed by atoms with van der Waals surface area (Å²) >= 11 is 0. The topological polar surface area (TPSA) is 180 Å². The van der Waals surface area contributed by atoms with Gasteiger partial charge in [0.25, 0.3) is 0 Å². The number of hydrogen-bond acceptors (Lipinski definition) is 12. The number of aliphatic hydroxyl groups is 2. The van der Waals surface area contributed by atoms with E-state index in [9.17, 15) is 24.0 Å². The number of alkyl halides is 1. The number of ether oxygens (including phenoxy) is 2. The summed E-state index contributed by atoms with van der Waals surface area (Å²) in [7, 11) is -4.33. The average Bonchev–Trinajstić information content (AvgIpc) is 3.48. The number of fused-ring (bicyclic) bond motifs is 1. The third-order valence-corrected chi connectivity index (χ3v) is 7.64. The highest BCUT2D eigenvalue weighted by Gasteiger charge is 2.60. The van der Waals surface area contributed by atoms with Crippen molar-refractivity contribution in [2.24, 2.45) is 4.99 Å². The zero-order chi connectivity index (χ0) is 29.1. The number of aliphatic hydroxyl groups excluding tert-OH is 1. The molecule has 0 spiro atoms. The minimum Gasteiger partial charge on any atom is -0.461 e. The van der Waals surface area contributed by atoms with Gasteiger partial charge in [0.05, 0.1) is 25.0 Å². The normalized spacial score (nSPS) is 25.3. The number of para-hydroxylation sites is 1. The van der Waals surface area contributed by atoms with Gasteiger partial charge in [-0.2, -0.15) is 5.10 Å². The van der Waals surface area contributed by atoms with E-state index >= 15 is 0 Å². The number of rotatable bonds is 11. The summed E-state index contributed by atoms with van der Waals surface area (Å²) in [5, 5.41) is 26.7. The lowest BCUT2D eigenvalue weighted by Crippen LogP contribution is -2.53. The summed E-state index contributed by atoms with van der Waals surface area (Å²) in [6, 6.07) is 9.93. The van der Waals surface area contributed by atoms with Gasteiger partial charge in [-0.1, -0.05) is 18.2 Å². The summed E-state index contributed by atoms with van der Waals surface area (Å²) in [5.74, 6) is 0.432. The van der Waals surface area contributed by atoms with E-state index < -0.39 is 62.9 Å². The second kappa shape index (κ2) is 11.6. The molecule has 3 aromatic rings. The Labute approximate surface area is 229 Å². The molecule has 1 fully saturated rings. The van der Waals surface area contributed by atoms with Crippen LogP contribution in [-0.2, 0) is 29.0 Å². The first-order valence-corrected chi connectivity index (χ1v) is 14.0. The number of hydrogen-bond donors (Lipinski definition) is 3. The number of aromatic nitrogens is 3. The predicted molar refractivity (Wildman–Crippen MR) is 142 cm³/mol. The van der Waals surface area contributed by atoms with Gasteiger partial charge in [-0.05, 0) is 45.0 Å². The van der Waals surface area contributed by atoms with Crippen LogP contribution in [0.15, 0.2) is 53.8 Å². The Morgan fingerprint density at radius 2 is 2.05 bits per heavy atom. The van der Waals surface area contributed by atoms with Crippen molar-refractivity contribution in [1.29, 1.82) is 0 Å². The molecule has 15 heteroatoms. The first-order valence-electron chi connectivity index (χ1n) is 12.4. The van der Waals surface area contributed by atoms with Crippen molar-refractivity contribution >= 4 is 30.9 Å². The molecule has 0 saturated carbocycles. The number of anilines is 1. The third-order valence-electron chi connectivity index (χ3n) is 6.27. The number of carbonyl (C=O) groups is 1. The molecule has 216 valence electrons. The molecule has 0 unspecified atom stereocenters. The number of carbonyl (C=O) groups excluding carboxylic acids is 1. The quantitative estimate of drug-likeness (QED) is 0.172. The second-order valence-electron chi connectivity index (χ2n) is 9.62. The summed E-state index contributed by atoms with van der Waals surface area (Å²) in [5.41, 5.74) is 2.00. The maximum absolute atomic E-state index is 14.6. The van der Waals surface area contributed by atoms with Crippen LogP contribution in [0.25, 0.3) is 5.52 Å². The van der Waals surface area contributed by atoms with Crippen molar-refractivity contribution in [2.75, 3.05) is 25.6 Å². The van der Waals surface area contributed by atoms with Gasteiger partial charge in [-0.3, -0.25) is 9.52 Å². The smallest absolute Gasteiger partial charge is 0.421 e. The number of esters is 1. The van der Waals surface area contributed by atoms with E-state index in [-0.39, 0.29) is 17.3 Å². The molecule has 13 nitrogen and oxygen atoms in total. The van der Waals surface area contributed by atoms with Gasteiger partial charge >= 0.3 is 13.6 Å². The van der Waals surface area contributed by atoms with Crippen LogP contribution < -0.4 is 10.3 Å². The van der Waals surface area contributed by atoms with E-state index in [1.807, 2.05) is 0 Å². The van der Waals surface area contributed by atoms with Crippen LogP contribution in [-0.4, -0.2) is 80.5 Å². The molecule has 2 aromatic heterocycles. The van der Waals surface area contributed by atoms with Crippen molar-refractivity contribution in [3.8, 4) is 5.75 Å². The van der Waals surface area contributed by atoms with Gasteiger partial charge in [0, 0.05) is 0 Å². The van der Waals surface area contributed by atoms with E-state index in [1.54, 1.807) is 32.0 Å². The van der Waals surface area contributed by atoms with Crippen molar-refractivity contribution in [1.82, 2.24) is 14.6 Å². The summed E-state index contributed by atoms with van der Waals surface area (Å²) in [6.45, 7) is 2.09. The fourth-order valence-corrected chi connectivity index (χ4v) is 5.44. The Morgan fingerprint density at radius 3 is 2.73 bits per heavy atom. The van der Waals surface area contributed by atoms with E-state index in [1.165, 1.54) is 35.7 Å². The Bertz CT molecular complexity index is 1420. The van der Waals surface area contributed by atoms with Crippen LogP contribution in [0, 0.1) is 0 Å². The van der Waals surface area contributed by atoms with Crippen molar-refractivity contribution < 1.29 is 42.5 Å². The van der Waals surface area contributed by atoms with Gasteiger partial charge in [-0.25, -0.2) is 23.2 Å². The lowest BCUT2D eigenvalue weighted by Gasteiger charge is -2.33.